The van der Waals surface area contributed by atoms with Crippen molar-refractivity contribution in [1.82, 2.24) is 4.90 Å². The van der Waals surface area contributed by atoms with Gasteiger partial charge in [-0.05, 0) is 23.8 Å². The number of nitro groups is 1. The number of nitro benzene ring substituents is 1. The molecule has 0 unspecified atom stereocenters. The molecule has 124 valence electrons. The van der Waals surface area contributed by atoms with Crippen LogP contribution in [0.1, 0.15) is 15.9 Å². The van der Waals surface area contributed by atoms with Gasteiger partial charge in [0.25, 0.3) is 11.6 Å². The minimum Gasteiger partial charge on any atom is -0.454 e. The van der Waals surface area contributed by atoms with Gasteiger partial charge in [-0.3, -0.25) is 14.9 Å². The van der Waals surface area contributed by atoms with E-state index in [2.05, 4.69) is 0 Å². The van der Waals surface area contributed by atoms with Crippen molar-refractivity contribution in [1.29, 1.82) is 0 Å². The van der Waals surface area contributed by atoms with Gasteiger partial charge in [0, 0.05) is 25.7 Å². The molecule has 1 heterocycles. The fraction of sp³-hybridized carbons (Fsp3) is 0.188. The van der Waals surface area contributed by atoms with E-state index in [4.69, 9.17) is 21.1 Å². The summed E-state index contributed by atoms with van der Waals surface area (Å²) >= 11 is 6.01. The van der Waals surface area contributed by atoms with E-state index in [-0.39, 0.29) is 23.1 Å². The normalized spacial score (nSPS) is 12.1. The number of non-ortho nitro benzene ring substituents is 1. The minimum atomic E-state index is -0.565. The van der Waals surface area contributed by atoms with Crippen molar-refractivity contribution < 1.29 is 19.2 Å². The third kappa shape index (κ3) is 3.11. The molecule has 24 heavy (non-hydrogen) atoms. The van der Waals surface area contributed by atoms with Gasteiger partial charge in [-0.2, -0.15) is 0 Å². The summed E-state index contributed by atoms with van der Waals surface area (Å²) in [6.45, 7) is 0.478. The number of halogens is 1. The Morgan fingerprint density at radius 2 is 2.00 bits per heavy atom. The van der Waals surface area contributed by atoms with Crippen LogP contribution < -0.4 is 9.47 Å². The van der Waals surface area contributed by atoms with Gasteiger partial charge in [-0.15, -0.1) is 0 Å². The quantitative estimate of drug-likeness (QED) is 0.625. The molecule has 0 saturated carbocycles. The van der Waals surface area contributed by atoms with E-state index in [1.807, 2.05) is 6.07 Å². The van der Waals surface area contributed by atoms with E-state index in [0.717, 1.165) is 5.56 Å². The average Bonchev–Trinajstić information content (AvgIpc) is 3.02. The average molecular weight is 349 g/mol. The Kier molecular flexibility index (Phi) is 4.26. The van der Waals surface area contributed by atoms with Crippen molar-refractivity contribution >= 4 is 23.2 Å². The topological polar surface area (TPSA) is 81.9 Å². The first-order valence-electron chi connectivity index (χ1n) is 7.03. The maximum absolute atomic E-state index is 12.5. The number of hydrogen-bond acceptors (Lipinski definition) is 5. The molecule has 0 aliphatic carbocycles. The van der Waals surface area contributed by atoms with Crippen LogP contribution >= 0.6 is 11.6 Å². The fourth-order valence-electron chi connectivity index (χ4n) is 2.38. The molecular formula is C16H13ClN2O5. The minimum absolute atomic E-state index is 0.0918. The van der Waals surface area contributed by atoms with Gasteiger partial charge < -0.3 is 14.4 Å². The zero-order valence-electron chi connectivity index (χ0n) is 12.7. The van der Waals surface area contributed by atoms with E-state index in [1.165, 1.54) is 23.1 Å². The zero-order valence-corrected chi connectivity index (χ0v) is 13.4. The Morgan fingerprint density at radius 3 is 2.75 bits per heavy atom. The molecule has 8 heteroatoms. The number of rotatable bonds is 4. The number of ether oxygens (including phenoxy) is 2. The second kappa shape index (κ2) is 6.37. The van der Waals surface area contributed by atoms with Crippen LogP contribution in [-0.4, -0.2) is 29.6 Å². The molecule has 0 fully saturated rings. The smallest absolute Gasteiger partial charge is 0.270 e. The number of hydrogen-bond donors (Lipinski definition) is 0. The highest BCUT2D eigenvalue weighted by Gasteiger charge is 2.20. The van der Waals surface area contributed by atoms with Crippen LogP contribution in [0.2, 0.25) is 5.02 Å². The van der Waals surface area contributed by atoms with Crippen molar-refractivity contribution in [2.75, 3.05) is 13.8 Å². The van der Waals surface area contributed by atoms with Crippen LogP contribution in [0.3, 0.4) is 0 Å². The van der Waals surface area contributed by atoms with E-state index in [9.17, 15) is 14.9 Å². The molecule has 1 aliphatic rings. The summed E-state index contributed by atoms with van der Waals surface area (Å²) in [5.74, 6) is 0.887. The molecule has 0 spiro atoms. The maximum Gasteiger partial charge on any atom is 0.270 e. The molecule has 0 atom stereocenters. The molecular weight excluding hydrogens is 336 g/mol. The molecule has 2 aromatic carbocycles. The van der Waals surface area contributed by atoms with Gasteiger partial charge in [-0.25, -0.2) is 0 Å². The third-order valence-electron chi connectivity index (χ3n) is 3.59. The number of benzene rings is 2. The highest BCUT2D eigenvalue weighted by Crippen LogP contribution is 2.33. The first-order valence-corrected chi connectivity index (χ1v) is 7.41. The number of fused-ring (bicyclic) bond motifs is 1. The predicted octanol–water partition coefficient (Wildman–Crippen LogP) is 3.25. The van der Waals surface area contributed by atoms with Crippen LogP contribution in [0.4, 0.5) is 5.69 Å². The number of carbonyl (C=O) groups excluding carboxylic acids is 1. The van der Waals surface area contributed by atoms with Gasteiger partial charge in [0.1, 0.15) is 0 Å². The molecule has 3 rings (SSSR count). The van der Waals surface area contributed by atoms with Crippen LogP contribution in [0.25, 0.3) is 0 Å². The van der Waals surface area contributed by atoms with E-state index < -0.39 is 10.8 Å². The second-order valence-corrected chi connectivity index (χ2v) is 5.68. The summed E-state index contributed by atoms with van der Waals surface area (Å²) in [6, 6.07) is 9.18. The largest absolute Gasteiger partial charge is 0.454 e. The predicted molar refractivity (Wildman–Crippen MR) is 86.5 cm³/mol. The molecule has 0 radical (unpaired) electrons. The van der Waals surface area contributed by atoms with Crippen molar-refractivity contribution in [3.05, 3.63) is 62.7 Å². The van der Waals surface area contributed by atoms with Gasteiger partial charge in [-0.1, -0.05) is 17.7 Å². The summed E-state index contributed by atoms with van der Waals surface area (Å²) in [5.41, 5.74) is 0.755. The molecule has 2 aromatic rings. The third-order valence-corrected chi connectivity index (χ3v) is 3.92. The molecule has 0 bridgehead atoms. The van der Waals surface area contributed by atoms with Gasteiger partial charge in [0.15, 0.2) is 11.5 Å². The standard InChI is InChI=1S/C16H13ClN2O5/c1-18(8-10-2-5-14-15(6-10)24-9-23-14)16(20)12-7-11(19(21)22)3-4-13(12)17/h2-7H,8-9H2,1H3. The van der Waals surface area contributed by atoms with Gasteiger partial charge >= 0.3 is 0 Å². The number of carbonyl (C=O) groups is 1. The first-order chi connectivity index (χ1) is 11.5. The highest BCUT2D eigenvalue weighted by molar-refractivity contribution is 6.33. The van der Waals surface area contributed by atoms with Gasteiger partial charge in [0.05, 0.1) is 15.5 Å². The van der Waals surface area contributed by atoms with Crippen LogP contribution in [0.15, 0.2) is 36.4 Å². The fourth-order valence-corrected chi connectivity index (χ4v) is 2.58. The maximum atomic E-state index is 12.5. The number of amides is 1. The van der Waals surface area contributed by atoms with E-state index in [0.29, 0.717) is 18.0 Å². The van der Waals surface area contributed by atoms with Crippen molar-refractivity contribution in [3.63, 3.8) is 0 Å². The molecule has 0 N–H and O–H groups in total. The highest BCUT2D eigenvalue weighted by atomic mass is 35.5. The molecule has 1 aliphatic heterocycles. The lowest BCUT2D eigenvalue weighted by atomic mass is 10.1. The van der Waals surface area contributed by atoms with Crippen molar-refractivity contribution in [2.45, 2.75) is 6.54 Å². The van der Waals surface area contributed by atoms with Crippen LogP contribution in [-0.2, 0) is 6.54 Å². The van der Waals surface area contributed by atoms with E-state index >= 15 is 0 Å². The first kappa shape index (κ1) is 16.1. The Bertz CT molecular complexity index is 824. The zero-order chi connectivity index (χ0) is 17.3. The Hall–Kier alpha value is -2.80. The molecule has 0 aromatic heterocycles. The Labute approximate surface area is 142 Å². The second-order valence-electron chi connectivity index (χ2n) is 5.27. The summed E-state index contributed by atoms with van der Waals surface area (Å²) in [6.07, 6.45) is 0. The monoisotopic (exact) mass is 348 g/mol. The molecule has 7 nitrogen and oxygen atoms in total. The Balaban J connectivity index is 1.80. The molecule has 1 amide bonds. The summed E-state index contributed by atoms with van der Waals surface area (Å²) in [5, 5.41) is 11.0. The molecule has 0 saturated heterocycles. The Morgan fingerprint density at radius 1 is 1.25 bits per heavy atom. The van der Waals surface area contributed by atoms with Crippen LogP contribution in [0, 0.1) is 10.1 Å². The van der Waals surface area contributed by atoms with Gasteiger partial charge in [0.2, 0.25) is 6.79 Å². The van der Waals surface area contributed by atoms with Crippen molar-refractivity contribution in [3.8, 4) is 11.5 Å². The lowest BCUT2D eigenvalue weighted by Gasteiger charge is -2.18. The van der Waals surface area contributed by atoms with Crippen LogP contribution in [0.5, 0.6) is 11.5 Å². The summed E-state index contributed by atoms with van der Waals surface area (Å²) in [7, 11) is 1.60. The lowest BCUT2D eigenvalue weighted by Crippen LogP contribution is -2.26. The van der Waals surface area contributed by atoms with Crippen molar-refractivity contribution in [2.24, 2.45) is 0 Å². The van der Waals surface area contributed by atoms with E-state index in [1.54, 1.807) is 19.2 Å². The summed E-state index contributed by atoms with van der Waals surface area (Å²) < 4.78 is 10.5. The summed E-state index contributed by atoms with van der Waals surface area (Å²) in [4.78, 5) is 24.3. The lowest BCUT2D eigenvalue weighted by molar-refractivity contribution is -0.384. The number of nitrogens with zero attached hydrogens (tertiary/aromatic N) is 2. The SMILES string of the molecule is CN(Cc1ccc2c(c1)OCO2)C(=O)c1cc([N+](=O)[O-])ccc1Cl.